The number of amides is 3. The van der Waals surface area contributed by atoms with E-state index in [1.165, 1.54) is 28.2 Å². The number of hydrazone groups is 1. The van der Waals surface area contributed by atoms with Crippen molar-refractivity contribution < 1.29 is 18.8 Å². The summed E-state index contributed by atoms with van der Waals surface area (Å²) in [4.78, 5) is 41.6. The maximum atomic E-state index is 14.1. The maximum Gasteiger partial charge on any atom is 0.264 e. The third-order valence-corrected chi connectivity index (χ3v) is 9.68. The first-order valence-electron chi connectivity index (χ1n) is 14.4. The van der Waals surface area contributed by atoms with Crippen LogP contribution in [0.15, 0.2) is 81.7 Å². The fourth-order valence-corrected chi connectivity index (χ4v) is 7.48. The minimum atomic E-state index is -1.16. The highest BCUT2D eigenvalue weighted by Gasteiger charge is 2.56. The second-order valence-electron chi connectivity index (χ2n) is 11.4. The fraction of sp³-hybridized carbons (Fsp3) is 0.250. The Morgan fingerprint density at radius 1 is 0.935 bits per heavy atom. The molecule has 7 rings (SSSR count). The summed E-state index contributed by atoms with van der Waals surface area (Å²) in [6.45, 7) is -0.395. The number of fused-ring (bicyclic) bond motifs is 2. The predicted molar refractivity (Wildman–Crippen MR) is 173 cm³/mol. The molecule has 234 valence electrons. The molecule has 1 saturated carbocycles. The van der Waals surface area contributed by atoms with Crippen molar-refractivity contribution in [2.75, 3.05) is 11.4 Å². The molecule has 4 aliphatic rings. The summed E-state index contributed by atoms with van der Waals surface area (Å²) >= 11 is 25.5. The molecule has 4 atom stereocenters. The number of allylic oxidation sites excluding steroid dienone is 1. The van der Waals surface area contributed by atoms with Gasteiger partial charge in [-0.3, -0.25) is 19.4 Å². The van der Waals surface area contributed by atoms with Gasteiger partial charge in [0.1, 0.15) is 12.4 Å². The maximum absolute atomic E-state index is 14.1. The third kappa shape index (κ3) is 5.37. The molecule has 14 heteroatoms. The van der Waals surface area contributed by atoms with Crippen molar-refractivity contribution in [3.8, 4) is 0 Å². The van der Waals surface area contributed by atoms with Gasteiger partial charge in [0.15, 0.2) is 12.1 Å². The Balaban J connectivity index is 1.21. The van der Waals surface area contributed by atoms with Crippen molar-refractivity contribution in [3.05, 3.63) is 103 Å². The zero-order chi connectivity index (χ0) is 32.3. The monoisotopic (exact) mass is 698 g/mol. The van der Waals surface area contributed by atoms with Crippen LogP contribution in [0, 0.1) is 11.7 Å². The molecule has 3 heterocycles. The van der Waals surface area contributed by atoms with Crippen LogP contribution in [0.3, 0.4) is 0 Å². The van der Waals surface area contributed by atoms with E-state index in [-0.39, 0.29) is 11.6 Å². The van der Waals surface area contributed by atoms with Crippen LogP contribution in [0.5, 0.6) is 0 Å². The SMILES string of the molecule is O=C1[C@@H]2[C@@H](N=NN2CC(=O)N2N=C3/C(=C/c4ccc(Cl)cc4Cl)CCC[C@@H]3[C@H]2c2ccc(Cl)cc2Cl)C(=O)N1c1cccc(F)c1. The van der Waals surface area contributed by atoms with Crippen molar-refractivity contribution in [1.82, 2.24) is 10.0 Å². The van der Waals surface area contributed by atoms with Gasteiger partial charge >= 0.3 is 0 Å². The van der Waals surface area contributed by atoms with Crippen LogP contribution >= 0.6 is 46.4 Å². The summed E-state index contributed by atoms with van der Waals surface area (Å²) in [5.41, 5.74) is 3.17. The summed E-state index contributed by atoms with van der Waals surface area (Å²) in [6, 6.07) is 12.6. The van der Waals surface area contributed by atoms with E-state index in [2.05, 4.69) is 10.3 Å². The minimum absolute atomic E-state index is 0.0819. The van der Waals surface area contributed by atoms with Crippen molar-refractivity contribution in [2.45, 2.75) is 37.4 Å². The van der Waals surface area contributed by atoms with Crippen molar-refractivity contribution >= 4 is 81.6 Å². The average molecular weight is 700 g/mol. The van der Waals surface area contributed by atoms with Crippen LogP contribution < -0.4 is 4.90 Å². The summed E-state index contributed by atoms with van der Waals surface area (Å²) in [5.74, 6) is -2.57. The van der Waals surface area contributed by atoms with Gasteiger partial charge in [0, 0.05) is 26.0 Å². The first-order valence-corrected chi connectivity index (χ1v) is 15.9. The average Bonchev–Trinajstić information content (AvgIpc) is 3.68. The molecular formula is C32H23Cl4FN6O3. The number of benzene rings is 3. The molecule has 0 aromatic heterocycles. The molecule has 3 aromatic carbocycles. The van der Waals surface area contributed by atoms with E-state index in [9.17, 15) is 18.8 Å². The molecule has 1 saturated heterocycles. The van der Waals surface area contributed by atoms with Crippen LogP contribution in [0.4, 0.5) is 10.1 Å². The summed E-state index contributed by atoms with van der Waals surface area (Å²) in [7, 11) is 0. The van der Waals surface area contributed by atoms with E-state index in [1.54, 1.807) is 30.3 Å². The Kier molecular flexibility index (Phi) is 8.09. The number of carbonyl (C=O) groups is 3. The lowest BCUT2D eigenvalue weighted by Gasteiger charge is -2.31. The van der Waals surface area contributed by atoms with Crippen LogP contribution in [0.2, 0.25) is 20.1 Å². The number of imide groups is 1. The second-order valence-corrected chi connectivity index (χ2v) is 13.0. The number of hydrogen-bond donors (Lipinski definition) is 0. The van der Waals surface area contributed by atoms with Crippen LogP contribution in [-0.2, 0) is 14.4 Å². The molecule has 3 amide bonds. The van der Waals surface area contributed by atoms with Gasteiger partial charge in [0.2, 0.25) is 0 Å². The molecule has 0 unspecified atom stereocenters. The zero-order valence-electron chi connectivity index (χ0n) is 23.8. The van der Waals surface area contributed by atoms with E-state index in [4.69, 9.17) is 51.5 Å². The number of rotatable bonds is 5. The van der Waals surface area contributed by atoms with Crippen LogP contribution in [-0.4, -0.2) is 52.1 Å². The molecule has 2 fully saturated rings. The number of nitrogens with zero attached hydrogens (tertiary/aromatic N) is 6. The van der Waals surface area contributed by atoms with Crippen LogP contribution in [0.1, 0.15) is 36.4 Å². The highest BCUT2D eigenvalue weighted by Crippen LogP contribution is 2.47. The number of anilines is 1. The molecule has 3 aromatic rings. The normalized spacial score (nSPS) is 24.6. The molecule has 1 aliphatic carbocycles. The Bertz CT molecular complexity index is 1900. The largest absolute Gasteiger partial charge is 0.271 e. The zero-order valence-corrected chi connectivity index (χ0v) is 26.8. The lowest BCUT2D eigenvalue weighted by Crippen LogP contribution is -2.45. The highest BCUT2D eigenvalue weighted by molar-refractivity contribution is 6.36. The van der Waals surface area contributed by atoms with E-state index >= 15 is 0 Å². The predicted octanol–water partition coefficient (Wildman–Crippen LogP) is 7.56. The van der Waals surface area contributed by atoms with E-state index in [0.717, 1.165) is 40.7 Å². The number of hydrogen-bond acceptors (Lipinski definition) is 7. The first-order chi connectivity index (χ1) is 22.1. The smallest absolute Gasteiger partial charge is 0.264 e. The molecule has 0 bridgehead atoms. The van der Waals surface area contributed by atoms with Gasteiger partial charge < -0.3 is 0 Å². The van der Waals surface area contributed by atoms with Gasteiger partial charge in [0.05, 0.1) is 17.4 Å². The Morgan fingerprint density at radius 3 is 2.43 bits per heavy atom. The van der Waals surface area contributed by atoms with E-state index < -0.39 is 48.2 Å². The quantitative estimate of drug-likeness (QED) is 0.257. The van der Waals surface area contributed by atoms with Gasteiger partial charge in [-0.15, -0.1) is 0 Å². The van der Waals surface area contributed by atoms with E-state index in [0.29, 0.717) is 32.1 Å². The number of halogens is 5. The van der Waals surface area contributed by atoms with Gasteiger partial charge in [-0.25, -0.2) is 14.3 Å². The van der Waals surface area contributed by atoms with Gasteiger partial charge in [0.25, 0.3) is 17.7 Å². The van der Waals surface area contributed by atoms with Gasteiger partial charge in [-0.05, 0) is 84.5 Å². The first kappa shape index (κ1) is 30.8. The molecule has 3 aliphatic heterocycles. The van der Waals surface area contributed by atoms with E-state index in [1.807, 2.05) is 12.1 Å². The van der Waals surface area contributed by atoms with Crippen molar-refractivity contribution in [3.63, 3.8) is 0 Å². The van der Waals surface area contributed by atoms with Crippen molar-refractivity contribution in [2.24, 2.45) is 21.4 Å². The topological polar surface area (TPSA) is 98.0 Å². The lowest BCUT2D eigenvalue weighted by atomic mass is 9.77. The lowest BCUT2D eigenvalue weighted by molar-refractivity contribution is -0.136. The summed E-state index contributed by atoms with van der Waals surface area (Å²) in [6.07, 6.45) is 4.25. The molecule has 9 nitrogen and oxygen atoms in total. The van der Waals surface area contributed by atoms with Crippen molar-refractivity contribution in [1.29, 1.82) is 0 Å². The molecule has 0 spiro atoms. The third-order valence-electron chi connectivity index (χ3n) is 8.55. The fourth-order valence-electron chi connectivity index (χ4n) is 6.50. The molecule has 46 heavy (non-hydrogen) atoms. The second kappa shape index (κ2) is 12.1. The molecular weight excluding hydrogens is 677 g/mol. The summed E-state index contributed by atoms with van der Waals surface area (Å²) in [5, 5.41) is 17.3. The Hall–Kier alpha value is -3.83. The minimum Gasteiger partial charge on any atom is -0.271 e. The molecule has 0 radical (unpaired) electrons. The molecule has 0 N–H and O–H groups in total. The number of carbonyl (C=O) groups excluding carboxylic acids is 3. The van der Waals surface area contributed by atoms with Crippen LogP contribution in [0.25, 0.3) is 6.08 Å². The Labute approximate surface area is 282 Å². The Morgan fingerprint density at radius 2 is 1.70 bits per heavy atom. The standard InChI is InChI=1S/C32H23Cl4FN6O3/c33-18-8-7-16(24(35)12-18)11-17-3-1-6-23-27(17)39-43(29(23)22-10-9-19(34)13-25(22)36)26(44)15-41-30-28(38-40-41)31(45)42(32(30)46)21-5-2-4-20(37)14-21/h2,4-5,7-14,23,28-30H,1,3,6,15H2/b17-11+/t23-,28+,29+,30-/m0/s1. The van der Waals surface area contributed by atoms with Gasteiger partial charge in [-0.1, -0.05) is 69.8 Å². The highest BCUT2D eigenvalue weighted by atomic mass is 35.5. The summed E-state index contributed by atoms with van der Waals surface area (Å²) < 4.78 is 13.9. The van der Waals surface area contributed by atoms with Gasteiger partial charge in [-0.2, -0.15) is 10.2 Å².